The second-order valence-electron chi connectivity index (χ2n) is 4.55. The molecule has 1 saturated carbocycles. The lowest BCUT2D eigenvalue weighted by Gasteiger charge is -2.41. The van der Waals surface area contributed by atoms with Gasteiger partial charge in [0.25, 0.3) is 0 Å². The zero-order chi connectivity index (χ0) is 12.0. The third kappa shape index (κ3) is 2.74. The van der Waals surface area contributed by atoms with Crippen molar-refractivity contribution in [3.63, 3.8) is 0 Å². The minimum Gasteiger partial charge on any atom is -0.480 e. The second kappa shape index (κ2) is 6.21. The number of rotatable bonds is 6. The van der Waals surface area contributed by atoms with E-state index in [9.17, 15) is 9.90 Å². The third-order valence-corrected chi connectivity index (χ3v) is 3.69. The van der Waals surface area contributed by atoms with Crippen molar-refractivity contribution in [2.45, 2.75) is 44.6 Å². The first-order valence-electron chi connectivity index (χ1n) is 6.14. The summed E-state index contributed by atoms with van der Waals surface area (Å²) in [7, 11) is 1.63. The van der Waals surface area contributed by atoms with E-state index in [2.05, 4.69) is 12.2 Å². The van der Waals surface area contributed by atoms with Crippen LogP contribution in [0, 0.1) is 5.92 Å². The van der Waals surface area contributed by atoms with Crippen LogP contribution < -0.4 is 5.32 Å². The summed E-state index contributed by atoms with van der Waals surface area (Å²) >= 11 is 0. The summed E-state index contributed by atoms with van der Waals surface area (Å²) in [5, 5.41) is 12.7. The van der Waals surface area contributed by atoms with E-state index in [1.165, 1.54) is 0 Å². The summed E-state index contributed by atoms with van der Waals surface area (Å²) in [5.41, 5.74) is -0.717. The lowest BCUT2D eigenvalue weighted by Crippen LogP contribution is -2.59. The Kier molecular flexibility index (Phi) is 5.22. The van der Waals surface area contributed by atoms with E-state index in [0.717, 1.165) is 32.1 Å². The molecule has 4 heteroatoms. The van der Waals surface area contributed by atoms with Crippen LogP contribution in [0.1, 0.15) is 39.0 Å². The number of aliphatic carboxylic acids is 1. The van der Waals surface area contributed by atoms with E-state index in [1.807, 2.05) is 0 Å². The number of hydrogen-bond acceptors (Lipinski definition) is 3. The zero-order valence-electron chi connectivity index (χ0n) is 10.3. The molecule has 1 aliphatic rings. The molecule has 4 nitrogen and oxygen atoms in total. The number of carboxylic acid groups (broad SMARTS) is 1. The molecule has 2 unspecified atom stereocenters. The Morgan fingerprint density at radius 3 is 2.88 bits per heavy atom. The number of nitrogens with one attached hydrogen (secondary N) is 1. The highest BCUT2D eigenvalue weighted by Crippen LogP contribution is 2.36. The topological polar surface area (TPSA) is 58.6 Å². The van der Waals surface area contributed by atoms with E-state index < -0.39 is 11.5 Å². The molecule has 94 valence electrons. The van der Waals surface area contributed by atoms with Gasteiger partial charge in [0.05, 0.1) is 6.61 Å². The summed E-state index contributed by atoms with van der Waals surface area (Å²) in [6.07, 6.45) is 4.84. The Morgan fingerprint density at radius 2 is 2.31 bits per heavy atom. The highest BCUT2D eigenvalue weighted by Gasteiger charge is 2.45. The summed E-state index contributed by atoms with van der Waals surface area (Å²) in [6.45, 7) is 3.25. The van der Waals surface area contributed by atoms with Crippen molar-refractivity contribution in [1.82, 2.24) is 5.32 Å². The van der Waals surface area contributed by atoms with Gasteiger partial charge in [0.15, 0.2) is 0 Å². The SMILES string of the molecule is CCC1CCCCC1(NCCOC)C(=O)O. The fourth-order valence-electron chi connectivity index (χ4n) is 2.76. The van der Waals surface area contributed by atoms with Crippen molar-refractivity contribution in [3.8, 4) is 0 Å². The molecule has 2 N–H and O–H groups in total. The number of ether oxygens (including phenoxy) is 1. The third-order valence-electron chi connectivity index (χ3n) is 3.69. The molecule has 0 radical (unpaired) electrons. The predicted octanol–water partition coefficient (Wildman–Crippen LogP) is 1.65. The molecule has 0 aliphatic heterocycles. The Labute approximate surface area is 97.4 Å². The number of carboxylic acids is 1. The number of carbonyl (C=O) groups is 1. The van der Waals surface area contributed by atoms with Crippen LogP contribution in [-0.4, -0.2) is 36.9 Å². The van der Waals surface area contributed by atoms with Gasteiger partial charge in [-0.25, -0.2) is 0 Å². The Balaban J connectivity index is 2.71. The summed E-state index contributed by atoms with van der Waals surface area (Å²) in [5.74, 6) is -0.453. The maximum absolute atomic E-state index is 11.5. The van der Waals surface area contributed by atoms with Crippen LogP contribution in [0.25, 0.3) is 0 Å². The van der Waals surface area contributed by atoms with Gasteiger partial charge in [-0.2, -0.15) is 0 Å². The molecule has 1 aliphatic carbocycles. The van der Waals surface area contributed by atoms with Crippen molar-refractivity contribution in [2.75, 3.05) is 20.3 Å². The largest absolute Gasteiger partial charge is 0.480 e. The molecule has 0 aromatic heterocycles. The van der Waals surface area contributed by atoms with Gasteiger partial charge >= 0.3 is 5.97 Å². The van der Waals surface area contributed by atoms with E-state index >= 15 is 0 Å². The molecule has 0 heterocycles. The normalized spacial score (nSPS) is 30.2. The van der Waals surface area contributed by atoms with Gasteiger partial charge in [-0.3, -0.25) is 10.1 Å². The summed E-state index contributed by atoms with van der Waals surface area (Å²) < 4.78 is 4.97. The Bertz CT molecular complexity index is 232. The fourth-order valence-corrected chi connectivity index (χ4v) is 2.76. The molecule has 0 bridgehead atoms. The second-order valence-corrected chi connectivity index (χ2v) is 4.55. The number of methoxy groups -OCH3 is 1. The van der Waals surface area contributed by atoms with Crippen LogP contribution in [0.5, 0.6) is 0 Å². The van der Waals surface area contributed by atoms with Crippen molar-refractivity contribution in [3.05, 3.63) is 0 Å². The number of hydrogen-bond donors (Lipinski definition) is 2. The molecule has 1 fully saturated rings. The first-order chi connectivity index (χ1) is 7.67. The first kappa shape index (κ1) is 13.5. The van der Waals surface area contributed by atoms with E-state index in [0.29, 0.717) is 13.2 Å². The quantitative estimate of drug-likeness (QED) is 0.680. The minimum atomic E-state index is -0.717. The van der Waals surface area contributed by atoms with Crippen molar-refractivity contribution in [2.24, 2.45) is 5.92 Å². The molecular weight excluding hydrogens is 206 g/mol. The standard InChI is InChI=1S/C12H23NO3/c1-3-10-6-4-5-7-12(10,11(14)15)13-8-9-16-2/h10,13H,3-9H2,1-2H3,(H,14,15). The lowest BCUT2D eigenvalue weighted by molar-refractivity contribution is -0.149. The van der Waals surface area contributed by atoms with Crippen LogP contribution in [0.4, 0.5) is 0 Å². The Morgan fingerprint density at radius 1 is 1.56 bits per heavy atom. The molecule has 0 aromatic rings. The molecule has 16 heavy (non-hydrogen) atoms. The fraction of sp³-hybridized carbons (Fsp3) is 0.917. The van der Waals surface area contributed by atoms with E-state index in [1.54, 1.807) is 7.11 Å². The molecule has 0 amide bonds. The maximum Gasteiger partial charge on any atom is 0.324 e. The van der Waals surface area contributed by atoms with Crippen LogP contribution in [0.2, 0.25) is 0 Å². The predicted molar refractivity (Wildman–Crippen MR) is 62.5 cm³/mol. The molecule has 0 saturated heterocycles. The van der Waals surface area contributed by atoms with Gasteiger partial charge in [0, 0.05) is 13.7 Å². The Hall–Kier alpha value is -0.610. The van der Waals surface area contributed by atoms with Gasteiger partial charge in [0.2, 0.25) is 0 Å². The average molecular weight is 229 g/mol. The molecule has 0 spiro atoms. The highest BCUT2D eigenvalue weighted by molar-refractivity contribution is 5.79. The molecule has 2 atom stereocenters. The summed E-state index contributed by atoms with van der Waals surface area (Å²) in [6, 6.07) is 0. The molecule has 0 aromatic carbocycles. The zero-order valence-corrected chi connectivity index (χ0v) is 10.3. The first-order valence-corrected chi connectivity index (χ1v) is 6.14. The van der Waals surface area contributed by atoms with Crippen LogP contribution in [0.15, 0.2) is 0 Å². The highest BCUT2D eigenvalue weighted by atomic mass is 16.5. The van der Waals surface area contributed by atoms with Crippen molar-refractivity contribution >= 4 is 5.97 Å². The monoisotopic (exact) mass is 229 g/mol. The van der Waals surface area contributed by atoms with Gasteiger partial charge in [-0.05, 0) is 18.8 Å². The maximum atomic E-state index is 11.5. The van der Waals surface area contributed by atoms with Gasteiger partial charge in [0.1, 0.15) is 5.54 Å². The minimum absolute atomic E-state index is 0.246. The molecule has 1 rings (SSSR count). The van der Waals surface area contributed by atoms with Gasteiger partial charge in [-0.15, -0.1) is 0 Å². The van der Waals surface area contributed by atoms with Crippen LogP contribution in [0.3, 0.4) is 0 Å². The van der Waals surface area contributed by atoms with E-state index in [-0.39, 0.29) is 5.92 Å². The van der Waals surface area contributed by atoms with Crippen LogP contribution in [-0.2, 0) is 9.53 Å². The average Bonchev–Trinajstić information content (AvgIpc) is 2.29. The van der Waals surface area contributed by atoms with Gasteiger partial charge in [-0.1, -0.05) is 26.2 Å². The van der Waals surface area contributed by atoms with Gasteiger partial charge < -0.3 is 9.84 Å². The van der Waals surface area contributed by atoms with Crippen molar-refractivity contribution < 1.29 is 14.6 Å². The molecular formula is C12H23NO3. The lowest BCUT2D eigenvalue weighted by atomic mass is 9.71. The smallest absolute Gasteiger partial charge is 0.324 e. The van der Waals surface area contributed by atoms with Crippen molar-refractivity contribution in [1.29, 1.82) is 0 Å². The van der Waals surface area contributed by atoms with Crippen LogP contribution >= 0.6 is 0 Å². The summed E-state index contributed by atoms with van der Waals surface area (Å²) in [4.78, 5) is 11.5. The van der Waals surface area contributed by atoms with E-state index in [4.69, 9.17) is 4.74 Å².